The number of aromatic nitrogens is 2. The second-order valence-corrected chi connectivity index (χ2v) is 5.47. The number of ether oxygens (including phenoxy) is 1. The number of hydrogen-bond acceptors (Lipinski definition) is 4. The van der Waals surface area contributed by atoms with Crippen LogP contribution in [0.5, 0.6) is 5.75 Å². The van der Waals surface area contributed by atoms with Gasteiger partial charge in [-0.25, -0.2) is 0 Å². The molecule has 0 spiro atoms. The molecular formula is C12H13ClN2OS. The fraction of sp³-hybridized carbons (Fsp3) is 0.333. The van der Waals surface area contributed by atoms with Crippen LogP contribution in [0, 0.1) is 6.92 Å². The maximum Gasteiger partial charge on any atom is 0.149 e. The molecule has 0 N–H and O–H groups in total. The Morgan fingerprint density at radius 2 is 2.06 bits per heavy atom. The van der Waals surface area contributed by atoms with Crippen LogP contribution in [0.4, 0.5) is 0 Å². The van der Waals surface area contributed by atoms with E-state index in [2.05, 4.69) is 10.2 Å². The molecule has 0 radical (unpaired) electrons. The Hall–Kier alpha value is -1.13. The van der Waals surface area contributed by atoms with E-state index in [1.54, 1.807) is 0 Å². The quantitative estimate of drug-likeness (QED) is 0.845. The van der Waals surface area contributed by atoms with Crippen LogP contribution < -0.4 is 4.74 Å². The van der Waals surface area contributed by atoms with Gasteiger partial charge in [0.15, 0.2) is 0 Å². The predicted molar refractivity (Wildman–Crippen MR) is 70.9 cm³/mol. The molecule has 2 rings (SSSR count). The third-order valence-electron chi connectivity index (χ3n) is 2.08. The maximum absolute atomic E-state index is 6.31. The topological polar surface area (TPSA) is 35.0 Å². The fourth-order valence-corrected chi connectivity index (χ4v) is 2.47. The molecule has 17 heavy (non-hydrogen) atoms. The van der Waals surface area contributed by atoms with E-state index in [0.717, 1.165) is 15.6 Å². The Balaban J connectivity index is 2.42. The molecule has 3 nitrogen and oxygen atoms in total. The first-order valence-electron chi connectivity index (χ1n) is 5.33. The molecular weight excluding hydrogens is 256 g/mol. The highest BCUT2D eigenvalue weighted by Gasteiger charge is 2.13. The molecule has 0 amide bonds. The highest BCUT2D eigenvalue weighted by atomic mass is 35.5. The van der Waals surface area contributed by atoms with Crippen LogP contribution in [0.3, 0.4) is 0 Å². The van der Waals surface area contributed by atoms with Crippen LogP contribution in [0.1, 0.15) is 18.9 Å². The SMILES string of the molecule is Cc1nnc(-c2cccc(OC(C)C)c2Cl)s1. The Bertz CT molecular complexity index is 525. The second-order valence-electron chi connectivity index (χ2n) is 3.91. The average Bonchev–Trinajstić information content (AvgIpc) is 2.67. The van der Waals surface area contributed by atoms with Gasteiger partial charge in [-0.3, -0.25) is 0 Å². The summed E-state index contributed by atoms with van der Waals surface area (Å²) in [6.45, 7) is 5.86. The molecule has 1 aromatic heterocycles. The van der Waals surface area contributed by atoms with Gasteiger partial charge in [-0.2, -0.15) is 0 Å². The van der Waals surface area contributed by atoms with Crippen LogP contribution in [0.15, 0.2) is 18.2 Å². The Kier molecular flexibility index (Phi) is 3.64. The van der Waals surface area contributed by atoms with Crippen molar-refractivity contribution in [2.24, 2.45) is 0 Å². The molecule has 0 atom stereocenters. The Morgan fingerprint density at radius 3 is 2.65 bits per heavy atom. The van der Waals surface area contributed by atoms with Crippen molar-refractivity contribution in [2.45, 2.75) is 26.9 Å². The van der Waals surface area contributed by atoms with Gasteiger partial charge in [-0.1, -0.05) is 35.1 Å². The zero-order valence-corrected chi connectivity index (χ0v) is 11.5. The van der Waals surface area contributed by atoms with Crippen molar-refractivity contribution in [3.63, 3.8) is 0 Å². The van der Waals surface area contributed by atoms with Crippen molar-refractivity contribution >= 4 is 22.9 Å². The minimum Gasteiger partial charge on any atom is -0.489 e. The van der Waals surface area contributed by atoms with Gasteiger partial charge in [0.1, 0.15) is 15.8 Å². The Morgan fingerprint density at radius 1 is 1.29 bits per heavy atom. The molecule has 0 aliphatic heterocycles. The molecule has 0 bridgehead atoms. The first kappa shape index (κ1) is 12.3. The summed E-state index contributed by atoms with van der Waals surface area (Å²) < 4.78 is 5.64. The smallest absolute Gasteiger partial charge is 0.149 e. The summed E-state index contributed by atoms with van der Waals surface area (Å²) in [4.78, 5) is 0. The minimum atomic E-state index is 0.0962. The van der Waals surface area contributed by atoms with Gasteiger partial charge in [-0.05, 0) is 26.8 Å². The number of aryl methyl sites for hydroxylation is 1. The van der Waals surface area contributed by atoms with Crippen molar-refractivity contribution in [1.29, 1.82) is 0 Å². The van der Waals surface area contributed by atoms with E-state index in [0.29, 0.717) is 10.8 Å². The van der Waals surface area contributed by atoms with E-state index in [1.165, 1.54) is 11.3 Å². The van der Waals surface area contributed by atoms with Gasteiger partial charge >= 0.3 is 0 Å². The summed E-state index contributed by atoms with van der Waals surface area (Å²) in [5.41, 5.74) is 0.871. The number of halogens is 1. The van der Waals surface area contributed by atoms with Crippen molar-refractivity contribution in [1.82, 2.24) is 10.2 Å². The third kappa shape index (κ3) is 2.76. The largest absolute Gasteiger partial charge is 0.489 e. The van der Waals surface area contributed by atoms with Gasteiger partial charge in [0, 0.05) is 5.56 Å². The van der Waals surface area contributed by atoms with E-state index >= 15 is 0 Å². The summed E-state index contributed by atoms with van der Waals surface area (Å²) in [5, 5.41) is 10.4. The lowest BCUT2D eigenvalue weighted by Crippen LogP contribution is -2.06. The normalized spacial score (nSPS) is 10.9. The molecule has 0 aliphatic carbocycles. The van der Waals surface area contributed by atoms with Crippen molar-refractivity contribution < 1.29 is 4.74 Å². The summed E-state index contributed by atoms with van der Waals surface area (Å²) in [7, 11) is 0. The van der Waals surface area contributed by atoms with E-state index in [4.69, 9.17) is 16.3 Å². The molecule has 2 aromatic rings. The average molecular weight is 269 g/mol. The molecule has 0 fully saturated rings. The van der Waals surface area contributed by atoms with E-state index < -0.39 is 0 Å². The summed E-state index contributed by atoms with van der Waals surface area (Å²) in [6, 6.07) is 5.70. The number of hydrogen-bond donors (Lipinski definition) is 0. The standard InChI is InChI=1S/C12H13ClN2OS/c1-7(2)16-10-6-4-5-9(11(10)13)12-15-14-8(3)17-12/h4-7H,1-3H3. The van der Waals surface area contributed by atoms with Crippen LogP contribution >= 0.6 is 22.9 Å². The van der Waals surface area contributed by atoms with Gasteiger partial charge in [0.25, 0.3) is 0 Å². The Labute approximate surface area is 109 Å². The lowest BCUT2D eigenvalue weighted by Gasteiger charge is -2.12. The van der Waals surface area contributed by atoms with Crippen molar-refractivity contribution in [2.75, 3.05) is 0 Å². The molecule has 5 heteroatoms. The number of rotatable bonds is 3. The summed E-state index contributed by atoms with van der Waals surface area (Å²) >= 11 is 7.83. The highest BCUT2D eigenvalue weighted by Crippen LogP contribution is 2.36. The van der Waals surface area contributed by atoms with E-state index in [9.17, 15) is 0 Å². The molecule has 0 saturated heterocycles. The monoisotopic (exact) mass is 268 g/mol. The maximum atomic E-state index is 6.31. The third-order valence-corrected chi connectivity index (χ3v) is 3.34. The van der Waals surface area contributed by atoms with Gasteiger partial charge in [0.2, 0.25) is 0 Å². The van der Waals surface area contributed by atoms with Crippen molar-refractivity contribution in [3.05, 3.63) is 28.2 Å². The first-order valence-corrected chi connectivity index (χ1v) is 6.53. The fourth-order valence-electron chi connectivity index (χ4n) is 1.43. The summed E-state index contributed by atoms with van der Waals surface area (Å²) in [5.74, 6) is 0.687. The van der Waals surface area contributed by atoms with Crippen LogP contribution in [0.25, 0.3) is 10.6 Å². The number of benzene rings is 1. The van der Waals surface area contributed by atoms with Crippen LogP contribution in [0.2, 0.25) is 5.02 Å². The highest BCUT2D eigenvalue weighted by molar-refractivity contribution is 7.14. The van der Waals surface area contributed by atoms with Gasteiger partial charge < -0.3 is 4.74 Å². The van der Waals surface area contributed by atoms with E-state index in [-0.39, 0.29) is 6.10 Å². The molecule has 0 aliphatic rings. The van der Waals surface area contributed by atoms with Crippen molar-refractivity contribution in [3.8, 4) is 16.3 Å². The first-order chi connectivity index (χ1) is 8.08. The molecule has 0 unspecified atom stereocenters. The molecule has 1 aromatic carbocycles. The van der Waals surface area contributed by atoms with Crippen LogP contribution in [-0.2, 0) is 0 Å². The summed E-state index contributed by atoms with van der Waals surface area (Å²) in [6.07, 6.45) is 0.0962. The molecule has 0 saturated carbocycles. The second kappa shape index (κ2) is 5.02. The minimum absolute atomic E-state index is 0.0962. The molecule has 1 heterocycles. The van der Waals surface area contributed by atoms with Crippen LogP contribution in [-0.4, -0.2) is 16.3 Å². The van der Waals surface area contributed by atoms with Gasteiger partial charge in [0.05, 0.1) is 11.1 Å². The molecule has 90 valence electrons. The zero-order chi connectivity index (χ0) is 12.4. The predicted octanol–water partition coefficient (Wildman–Crippen LogP) is 3.95. The van der Waals surface area contributed by atoms with E-state index in [1.807, 2.05) is 39.0 Å². The lowest BCUT2D eigenvalue weighted by molar-refractivity contribution is 0.242. The van der Waals surface area contributed by atoms with Gasteiger partial charge in [-0.15, -0.1) is 10.2 Å². The lowest BCUT2D eigenvalue weighted by atomic mass is 10.2. The number of nitrogens with zero attached hydrogens (tertiary/aromatic N) is 2. The zero-order valence-electron chi connectivity index (χ0n) is 9.90.